The van der Waals surface area contributed by atoms with Crippen LogP contribution in [0.5, 0.6) is 5.75 Å². The number of hydrogen-bond donors (Lipinski definition) is 0. The molecule has 1 aromatic heterocycles. The van der Waals surface area contributed by atoms with Crippen molar-refractivity contribution in [3.63, 3.8) is 0 Å². The third-order valence-corrected chi connectivity index (χ3v) is 6.27. The monoisotopic (exact) mass is 449 g/mol. The Bertz CT molecular complexity index is 1150. The molecule has 0 bridgehead atoms. The van der Waals surface area contributed by atoms with E-state index in [1.807, 2.05) is 72.3 Å². The topological polar surface area (TPSA) is 57.0 Å². The Morgan fingerprint density at radius 3 is 2.29 bits per heavy atom. The molecule has 0 fully saturated rings. The molecule has 0 amide bonds. The molecule has 0 saturated heterocycles. The standard InChI is InChI=1S/C24H20ClN3O2S/c1-28-21(16-30-20-14-12-19(25)13-15-20)26-27-24(28)31-23(18-10-6-3-7-11-18)22(29)17-8-4-2-5-9-17/h2-15,23H,16H2,1H3/t23-/m0/s1. The van der Waals surface area contributed by atoms with Gasteiger partial charge in [0, 0.05) is 17.6 Å². The minimum atomic E-state index is -0.434. The van der Waals surface area contributed by atoms with Crippen molar-refractivity contribution in [2.45, 2.75) is 17.0 Å². The first-order chi connectivity index (χ1) is 15.1. The van der Waals surface area contributed by atoms with Crippen LogP contribution in [0.25, 0.3) is 0 Å². The average Bonchev–Trinajstić information content (AvgIpc) is 3.17. The number of thioether (sulfide) groups is 1. The van der Waals surface area contributed by atoms with Gasteiger partial charge in [-0.2, -0.15) is 0 Å². The van der Waals surface area contributed by atoms with Crippen molar-refractivity contribution in [2.75, 3.05) is 0 Å². The van der Waals surface area contributed by atoms with Crippen molar-refractivity contribution in [1.29, 1.82) is 0 Å². The molecule has 0 unspecified atom stereocenters. The second kappa shape index (κ2) is 9.81. The Balaban J connectivity index is 1.54. The van der Waals surface area contributed by atoms with Crippen LogP contribution in [0.4, 0.5) is 0 Å². The van der Waals surface area contributed by atoms with Crippen LogP contribution in [0.15, 0.2) is 90.1 Å². The number of nitrogens with zero attached hydrogens (tertiary/aromatic N) is 3. The summed E-state index contributed by atoms with van der Waals surface area (Å²) >= 11 is 7.30. The summed E-state index contributed by atoms with van der Waals surface area (Å²) in [6.45, 7) is 0.258. The molecule has 1 heterocycles. The quantitative estimate of drug-likeness (QED) is 0.252. The number of carbonyl (C=O) groups excluding carboxylic acids is 1. The summed E-state index contributed by atoms with van der Waals surface area (Å²) in [5.41, 5.74) is 1.58. The first kappa shape index (κ1) is 21.2. The lowest BCUT2D eigenvalue weighted by atomic mass is 10.0. The van der Waals surface area contributed by atoms with Crippen molar-refractivity contribution < 1.29 is 9.53 Å². The van der Waals surface area contributed by atoms with Gasteiger partial charge in [-0.1, -0.05) is 84.0 Å². The maximum absolute atomic E-state index is 13.3. The van der Waals surface area contributed by atoms with Crippen LogP contribution < -0.4 is 4.74 Å². The van der Waals surface area contributed by atoms with E-state index in [2.05, 4.69) is 10.2 Å². The molecule has 0 aliphatic carbocycles. The van der Waals surface area contributed by atoms with Crippen molar-refractivity contribution in [3.05, 3.63) is 107 Å². The van der Waals surface area contributed by atoms with Gasteiger partial charge in [0.25, 0.3) is 0 Å². The van der Waals surface area contributed by atoms with Crippen LogP contribution in [0, 0.1) is 0 Å². The predicted molar refractivity (Wildman–Crippen MR) is 123 cm³/mol. The number of ether oxygens (including phenoxy) is 1. The van der Waals surface area contributed by atoms with Gasteiger partial charge >= 0.3 is 0 Å². The lowest BCUT2D eigenvalue weighted by Gasteiger charge is -2.16. The number of carbonyl (C=O) groups is 1. The van der Waals surface area contributed by atoms with E-state index < -0.39 is 5.25 Å². The van der Waals surface area contributed by atoms with Crippen LogP contribution in [-0.2, 0) is 13.7 Å². The zero-order valence-corrected chi connectivity index (χ0v) is 18.4. The zero-order valence-electron chi connectivity index (χ0n) is 16.8. The molecule has 1 atom stereocenters. The van der Waals surface area contributed by atoms with E-state index in [1.165, 1.54) is 11.8 Å². The fraction of sp³-hybridized carbons (Fsp3) is 0.125. The van der Waals surface area contributed by atoms with Gasteiger partial charge in [0.1, 0.15) is 17.6 Å². The van der Waals surface area contributed by atoms with E-state index >= 15 is 0 Å². The zero-order chi connectivity index (χ0) is 21.6. The Kier molecular flexibility index (Phi) is 6.70. The number of rotatable bonds is 8. The molecule has 0 saturated carbocycles. The molecule has 0 spiro atoms. The first-order valence-electron chi connectivity index (χ1n) is 9.69. The SMILES string of the molecule is Cn1c(COc2ccc(Cl)cc2)nnc1S[C@H](C(=O)c1ccccc1)c1ccccc1. The molecule has 5 nitrogen and oxygen atoms in total. The number of Topliss-reactive ketones (excluding diaryl/α,β-unsaturated/α-hetero) is 1. The molecular formula is C24H20ClN3O2S. The lowest BCUT2D eigenvalue weighted by Crippen LogP contribution is -2.11. The van der Waals surface area contributed by atoms with Crippen molar-refractivity contribution in [1.82, 2.24) is 14.8 Å². The fourth-order valence-electron chi connectivity index (χ4n) is 3.01. The third kappa shape index (κ3) is 5.16. The van der Waals surface area contributed by atoms with Crippen LogP contribution in [0.2, 0.25) is 5.02 Å². The van der Waals surface area contributed by atoms with Gasteiger partial charge in [0.15, 0.2) is 16.8 Å². The van der Waals surface area contributed by atoms with Gasteiger partial charge in [-0.15, -0.1) is 10.2 Å². The molecule has 31 heavy (non-hydrogen) atoms. The summed E-state index contributed by atoms with van der Waals surface area (Å²) < 4.78 is 7.65. The summed E-state index contributed by atoms with van der Waals surface area (Å²) in [5, 5.41) is 9.43. The van der Waals surface area contributed by atoms with E-state index in [0.717, 1.165) is 5.56 Å². The summed E-state index contributed by atoms with van der Waals surface area (Å²) in [4.78, 5) is 13.3. The van der Waals surface area contributed by atoms with Gasteiger partial charge in [-0.25, -0.2) is 0 Å². The molecule has 4 rings (SSSR count). The Labute approximate surface area is 190 Å². The Morgan fingerprint density at radius 2 is 1.61 bits per heavy atom. The highest BCUT2D eigenvalue weighted by Gasteiger charge is 2.26. The third-order valence-electron chi connectivity index (χ3n) is 4.73. The largest absolute Gasteiger partial charge is 0.486 e. The maximum Gasteiger partial charge on any atom is 0.192 e. The molecule has 0 radical (unpaired) electrons. The molecule has 0 aliphatic rings. The molecule has 3 aromatic carbocycles. The number of aromatic nitrogens is 3. The van der Waals surface area contributed by atoms with Gasteiger partial charge < -0.3 is 9.30 Å². The summed E-state index contributed by atoms with van der Waals surface area (Å²) in [6.07, 6.45) is 0. The first-order valence-corrected chi connectivity index (χ1v) is 10.9. The van der Waals surface area contributed by atoms with Crippen LogP contribution >= 0.6 is 23.4 Å². The second-order valence-corrected chi connectivity index (χ2v) is 8.35. The highest BCUT2D eigenvalue weighted by molar-refractivity contribution is 8.00. The highest BCUT2D eigenvalue weighted by Crippen LogP contribution is 2.37. The van der Waals surface area contributed by atoms with Gasteiger partial charge in [-0.05, 0) is 29.8 Å². The number of ketones is 1. The average molecular weight is 450 g/mol. The van der Waals surface area contributed by atoms with Crippen molar-refractivity contribution in [3.8, 4) is 5.75 Å². The minimum Gasteiger partial charge on any atom is -0.486 e. The van der Waals surface area contributed by atoms with Crippen molar-refractivity contribution >= 4 is 29.1 Å². The smallest absolute Gasteiger partial charge is 0.192 e. The normalized spacial score (nSPS) is 11.8. The molecule has 0 N–H and O–H groups in total. The van der Waals surface area contributed by atoms with Crippen LogP contribution in [0.3, 0.4) is 0 Å². The molecule has 7 heteroatoms. The Hall–Kier alpha value is -3.09. The molecule has 156 valence electrons. The predicted octanol–water partition coefficient (Wildman–Crippen LogP) is 5.76. The lowest BCUT2D eigenvalue weighted by molar-refractivity contribution is 0.0989. The summed E-state index contributed by atoms with van der Waals surface area (Å²) in [6, 6.07) is 26.2. The van der Waals surface area contributed by atoms with Crippen LogP contribution in [-0.4, -0.2) is 20.5 Å². The summed E-state index contributed by atoms with van der Waals surface area (Å²) in [5.74, 6) is 1.39. The second-order valence-electron chi connectivity index (χ2n) is 6.84. The van der Waals surface area contributed by atoms with E-state index in [4.69, 9.17) is 16.3 Å². The van der Waals surface area contributed by atoms with E-state index in [9.17, 15) is 4.79 Å². The Morgan fingerprint density at radius 1 is 0.968 bits per heavy atom. The van der Waals surface area contributed by atoms with Crippen molar-refractivity contribution in [2.24, 2.45) is 7.05 Å². The highest BCUT2D eigenvalue weighted by atomic mass is 35.5. The van der Waals surface area contributed by atoms with E-state index in [0.29, 0.717) is 27.3 Å². The van der Waals surface area contributed by atoms with Crippen LogP contribution in [0.1, 0.15) is 27.0 Å². The van der Waals surface area contributed by atoms with Gasteiger partial charge in [0.05, 0.1) is 0 Å². The summed E-state index contributed by atoms with van der Waals surface area (Å²) in [7, 11) is 1.87. The van der Waals surface area contributed by atoms with E-state index in [-0.39, 0.29) is 12.4 Å². The minimum absolute atomic E-state index is 0.0266. The molecule has 0 aliphatic heterocycles. The molecular weight excluding hydrogens is 430 g/mol. The molecule has 4 aromatic rings. The van der Waals surface area contributed by atoms with E-state index in [1.54, 1.807) is 24.3 Å². The number of halogens is 1. The maximum atomic E-state index is 13.3. The fourth-order valence-corrected chi connectivity index (χ4v) is 4.24. The number of benzene rings is 3. The van der Waals surface area contributed by atoms with Gasteiger partial charge in [-0.3, -0.25) is 4.79 Å². The van der Waals surface area contributed by atoms with Gasteiger partial charge in [0.2, 0.25) is 0 Å². The number of hydrogen-bond acceptors (Lipinski definition) is 5.